The smallest absolute Gasteiger partial charge is 0.253 e. The number of thiophene rings is 1. The van der Waals surface area contributed by atoms with Crippen LogP contribution in [0.15, 0.2) is 47.2 Å². The molecule has 0 radical (unpaired) electrons. The zero-order valence-electron chi connectivity index (χ0n) is 17.3. The van der Waals surface area contributed by atoms with E-state index < -0.39 is 0 Å². The van der Waals surface area contributed by atoms with Gasteiger partial charge in [-0.2, -0.15) is 11.3 Å². The number of nitrogens with zero attached hydrogens (tertiary/aromatic N) is 2. The fourth-order valence-electron chi connectivity index (χ4n) is 4.42. The molecule has 2 aliphatic heterocycles. The molecule has 2 saturated heterocycles. The van der Waals surface area contributed by atoms with Gasteiger partial charge in [0.2, 0.25) is 5.91 Å². The molecule has 8 heteroatoms. The molecule has 0 bridgehead atoms. The summed E-state index contributed by atoms with van der Waals surface area (Å²) in [4.78, 5) is 29.4. The number of benzene rings is 1. The van der Waals surface area contributed by atoms with E-state index in [0.29, 0.717) is 5.56 Å². The Hall–Kier alpha value is -2.71. The minimum absolute atomic E-state index is 0.0284. The molecule has 0 saturated carbocycles. The van der Waals surface area contributed by atoms with Gasteiger partial charge in [-0.25, -0.2) is 0 Å². The zero-order chi connectivity index (χ0) is 21.8. The first-order valence-electron chi connectivity index (χ1n) is 10.4. The van der Waals surface area contributed by atoms with Crippen molar-refractivity contribution in [3.63, 3.8) is 0 Å². The van der Waals surface area contributed by atoms with E-state index in [1.54, 1.807) is 23.5 Å². The highest BCUT2D eigenvalue weighted by Gasteiger charge is 2.42. The van der Waals surface area contributed by atoms with Crippen LogP contribution in [-0.2, 0) is 4.79 Å². The van der Waals surface area contributed by atoms with Crippen molar-refractivity contribution in [2.45, 2.75) is 19.3 Å². The van der Waals surface area contributed by atoms with Gasteiger partial charge in [0.05, 0.1) is 0 Å². The van der Waals surface area contributed by atoms with E-state index in [1.165, 1.54) is 0 Å². The standard InChI is InChI=1S/C23H26N4O2S2/c24-22(30)25-19-3-1-2-18(14-19)21(29)27-12-9-23(16-27)7-10-26(11-8-23)20(28)5-4-17-6-13-31-15-17/h1-6,13-15H,7-12,16H2,(H3,24,25,30)/b5-4+. The largest absolute Gasteiger partial charge is 0.376 e. The van der Waals surface area contributed by atoms with Crippen molar-refractivity contribution in [1.29, 1.82) is 0 Å². The summed E-state index contributed by atoms with van der Waals surface area (Å²) >= 11 is 6.50. The van der Waals surface area contributed by atoms with Crippen LogP contribution in [-0.4, -0.2) is 52.9 Å². The predicted octanol–water partition coefficient (Wildman–Crippen LogP) is 3.57. The summed E-state index contributed by atoms with van der Waals surface area (Å²) in [7, 11) is 0. The lowest BCUT2D eigenvalue weighted by atomic mass is 9.78. The molecule has 3 N–H and O–H groups in total. The van der Waals surface area contributed by atoms with E-state index in [-0.39, 0.29) is 22.3 Å². The second kappa shape index (κ2) is 9.20. The first kappa shape index (κ1) is 21.5. The highest BCUT2D eigenvalue weighted by molar-refractivity contribution is 7.80. The molecule has 3 heterocycles. The van der Waals surface area contributed by atoms with Gasteiger partial charge in [-0.15, -0.1) is 0 Å². The van der Waals surface area contributed by atoms with Crippen LogP contribution in [0.4, 0.5) is 5.69 Å². The van der Waals surface area contributed by atoms with Crippen LogP contribution in [0.25, 0.3) is 6.08 Å². The van der Waals surface area contributed by atoms with Crippen LogP contribution in [0.5, 0.6) is 0 Å². The van der Waals surface area contributed by atoms with Gasteiger partial charge in [0.25, 0.3) is 5.91 Å². The minimum Gasteiger partial charge on any atom is -0.376 e. The molecule has 0 atom stereocenters. The fraction of sp³-hybridized carbons (Fsp3) is 0.348. The van der Waals surface area contributed by atoms with Gasteiger partial charge in [-0.05, 0) is 83.6 Å². The Morgan fingerprint density at radius 2 is 1.87 bits per heavy atom. The summed E-state index contributed by atoms with van der Waals surface area (Å²) < 4.78 is 0. The number of piperidine rings is 1. The molecule has 2 amide bonds. The Labute approximate surface area is 191 Å². The monoisotopic (exact) mass is 454 g/mol. The number of hydrogen-bond acceptors (Lipinski definition) is 4. The predicted molar refractivity (Wildman–Crippen MR) is 129 cm³/mol. The second-order valence-electron chi connectivity index (χ2n) is 8.26. The van der Waals surface area contributed by atoms with E-state index in [0.717, 1.165) is 56.7 Å². The van der Waals surface area contributed by atoms with Gasteiger partial charge >= 0.3 is 0 Å². The maximum atomic E-state index is 13.0. The molecule has 1 aromatic carbocycles. The SMILES string of the molecule is NC(=S)Nc1cccc(C(=O)N2CCC3(CCN(C(=O)/C=C/c4ccsc4)CC3)C2)c1. The summed E-state index contributed by atoms with van der Waals surface area (Å²) in [5.41, 5.74) is 8.05. The first-order valence-corrected chi connectivity index (χ1v) is 11.7. The summed E-state index contributed by atoms with van der Waals surface area (Å²) in [6, 6.07) is 9.26. The number of thiocarbonyl (C=S) groups is 1. The molecule has 2 aliphatic rings. The van der Waals surface area contributed by atoms with Gasteiger partial charge in [-0.3, -0.25) is 9.59 Å². The number of anilines is 1. The van der Waals surface area contributed by atoms with Crippen molar-refractivity contribution in [3.8, 4) is 0 Å². The minimum atomic E-state index is 0.0284. The van der Waals surface area contributed by atoms with Gasteiger partial charge in [0, 0.05) is 43.5 Å². The quantitative estimate of drug-likeness (QED) is 0.545. The average Bonchev–Trinajstić information content (AvgIpc) is 3.42. The van der Waals surface area contributed by atoms with Crippen molar-refractivity contribution in [1.82, 2.24) is 9.80 Å². The number of nitrogens with two attached hydrogens (primary N) is 1. The van der Waals surface area contributed by atoms with E-state index in [2.05, 4.69) is 5.32 Å². The summed E-state index contributed by atoms with van der Waals surface area (Å²) in [5.74, 6) is 0.0924. The van der Waals surface area contributed by atoms with Crippen LogP contribution in [0.3, 0.4) is 0 Å². The third-order valence-corrected chi connectivity index (χ3v) is 7.00. The normalized spacial score (nSPS) is 17.9. The molecule has 162 valence electrons. The Kier molecular flexibility index (Phi) is 6.38. The van der Waals surface area contributed by atoms with Crippen LogP contribution < -0.4 is 11.1 Å². The number of rotatable bonds is 4. The average molecular weight is 455 g/mol. The number of carbonyl (C=O) groups is 2. The number of carbonyl (C=O) groups excluding carboxylic acids is 2. The molecule has 0 unspecified atom stereocenters. The van der Waals surface area contributed by atoms with Gasteiger partial charge in [-0.1, -0.05) is 6.07 Å². The Bertz CT molecular complexity index is 995. The molecule has 6 nitrogen and oxygen atoms in total. The van der Waals surface area contributed by atoms with Crippen LogP contribution in [0.2, 0.25) is 0 Å². The Balaban J connectivity index is 1.33. The van der Waals surface area contributed by atoms with Crippen LogP contribution in [0, 0.1) is 5.41 Å². The topological polar surface area (TPSA) is 78.7 Å². The van der Waals surface area contributed by atoms with E-state index >= 15 is 0 Å². The Morgan fingerprint density at radius 1 is 1.13 bits per heavy atom. The van der Waals surface area contributed by atoms with Crippen molar-refractivity contribution in [3.05, 3.63) is 58.3 Å². The maximum absolute atomic E-state index is 13.0. The lowest BCUT2D eigenvalue weighted by Crippen LogP contribution is -2.44. The molecule has 1 aromatic heterocycles. The molecule has 1 spiro atoms. The van der Waals surface area contributed by atoms with Crippen molar-refractivity contribution >= 4 is 52.2 Å². The number of nitrogens with one attached hydrogen (secondary N) is 1. The molecule has 4 rings (SSSR count). The molecule has 31 heavy (non-hydrogen) atoms. The number of amides is 2. The Morgan fingerprint density at radius 3 is 2.55 bits per heavy atom. The summed E-state index contributed by atoms with van der Waals surface area (Å²) in [6.07, 6.45) is 6.38. The zero-order valence-corrected chi connectivity index (χ0v) is 18.9. The molecular formula is C23H26N4O2S2. The first-order chi connectivity index (χ1) is 14.9. The highest BCUT2D eigenvalue weighted by Crippen LogP contribution is 2.41. The second-order valence-corrected chi connectivity index (χ2v) is 9.48. The van der Waals surface area contributed by atoms with E-state index in [1.807, 2.05) is 50.9 Å². The summed E-state index contributed by atoms with van der Waals surface area (Å²) in [6.45, 7) is 2.97. The van der Waals surface area contributed by atoms with E-state index in [9.17, 15) is 9.59 Å². The van der Waals surface area contributed by atoms with Crippen LogP contribution in [0.1, 0.15) is 35.2 Å². The van der Waals surface area contributed by atoms with Crippen molar-refractivity contribution in [2.75, 3.05) is 31.5 Å². The summed E-state index contributed by atoms with van der Waals surface area (Å²) in [5, 5.41) is 7.08. The van der Waals surface area contributed by atoms with Gasteiger partial charge in [0.1, 0.15) is 0 Å². The number of likely N-dealkylation sites (tertiary alicyclic amines) is 2. The van der Waals surface area contributed by atoms with Crippen molar-refractivity contribution in [2.24, 2.45) is 11.1 Å². The number of hydrogen-bond donors (Lipinski definition) is 2. The third-order valence-electron chi connectivity index (χ3n) is 6.20. The van der Waals surface area contributed by atoms with Gasteiger partial charge < -0.3 is 20.9 Å². The van der Waals surface area contributed by atoms with Crippen LogP contribution >= 0.6 is 23.6 Å². The highest BCUT2D eigenvalue weighted by atomic mass is 32.1. The molecular weight excluding hydrogens is 428 g/mol. The molecule has 0 aliphatic carbocycles. The van der Waals surface area contributed by atoms with Gasteiger partial charge in [0.15, 0.2) is 5.11 Å². The molecule has 2 aromatic rings. The lowest BCUT2D eigenvalue weighted by molar-refractivity contribution is -0.128. The fourth-order valence-corrected chi connectivity index (χ4v) is 5.16. The molecule has 2 fully saturated rings. The lowest BCUT2D eigenvalue weighted by Gasteiger charge is -2.39. The van der Waals surface area contributed by atoms with Crippen molar-refractivity contribution < 1.29 is 9.59 Å². The van der Waals surface area contributed by atoms with E-state index in [4.69, 9.17) is 18.0 Å². The third kappa shape index (κ3) is 5.14. The maximum Gasteiger partial charge on any atom is 0.253 e.